The Morgan fingerprint density at radius 3 is 1.59 bits per heavy atom. The van der Waals surface area contributed by atoms with Crippen molar-refractivity contribution in [3.8, 4) is 0 Å². The molecule has 0 saturated heterocycles. The number of nitrogens with one attached hydrogen (secondary N) is 2. The fourth-order valence-corrected chi connectivity index (χ4v) is 1.96. The van der Waals surface area contributed by atoms with Crippen molar-refractivity contribution >= 4 is 5.91 Å². The van der Waals surface area contributed by atoms with E-state index in [1.54, 1.807) is 0 Å². The quantitative estimate of drug-likeness (QED) is 0.310. The maximum atomic E-state index is 11.2. The molecule has 0 aromatic heterocycles. The fraction of sp³-hybridized carbons (Fsp3) is 0.950. The van der Waals surface area contributed by atoms with Crippen LogP contribution in [0.4, 0.5) is 0 Å². The van der Waals surface area contributed by atoms with Crippen molar-refractivity contribution in [1.29, 1.82) is 0 Å². The summed E-state index contributed by atoms with van der Waals surface area (Å²) in [6, 6.07) is 0. The van der Waals surface area contributed by atoms with Crippen LogP contribution in [0.1, 0.15) is 53.4 Å². The minimum Gasteiger partial charge on any atom is -0.379 e. The van der Waals surface area contributed by atoms with Gasteiger partial charge in [0.2, 0.25) is 5.91 Å². The minimum absolute atomic E-state index is 0.115. The van der Waals surface area contributed by atoms with Gasteiger partial charge < -0.3 is 29.6 Å². The van der Waals surface area contributed by atoms with E-state index in [1.807, 2.05) is 20.8 Å². The molecule has 0 atom stereocenters. The highest BCUT2D eigenvalue weighted by atomic mass is 16.6. The molecule has 1 amide bonds. The molecule has 0 aliphatic rings. The molecule has 0 bridgehead atoms. The van der Waals surface area contributed by atoms with Crippen molar-refractivity contribution in [3.05, 3.63) is 0 Å². The first-order chi connectivity index (χ1) is 13.3. The van der Waals surface area contributed by atoms with Crippen molar-refractivity contribution in [1.82, 2.24) is 10.6 Å². The molecule has 0 aromatic rings. The van der Waals surface area contributed by atoms with Crippen LogP contribution in [0.2, 0.25) is 0 Å². The molecule has 0 fully saturated rings. The summed E-state index contributed by atoms with van der Waals surface area (Å²) in [5.74, 6) is 0.115. The van der Waals surface area contributed by atoms with Gasteiger partial charge >= 0.3 is 0 Å². The first-order valence-corrected chi connectivity index (χ1v) is 10.6. The lowest BCUT2D eigenvalue weighted by atomic mass is 10.3. The van der Waals surface area contributed by atoms with Crippen LogP contribution in [0.5, 0.6) is 0 Å². The summed E-state index contributed by atoms with van der Waals surface area (Å²) in [6.07, 6.45) is 3.33. The van der Waals surface area contributed by atoms with Crippen LogP contribution in [0, 0.1) is 0 Å². The van der Waals surface area contributed by atoms with Crippen molar-refractivity contribution in [2.45, 2.75) is 53.4 Å². The zero-order valence-corrected chi connectivity index (χ0v) is 18.1. The van der Waals surface area contributed by atoms with Gasteiger partial charge in [0.25, 0.3) is 0 Å². The van der Waals surface area contributed by atoms with Gasteiger partial charge in [0.1, 0.15) is 0 Å². The van der Waals surface area contributed by atoms with Gasteiger partial charge in [-0.1, -0.05) is 27.7 Å². The first-order valence-electron chi connectivity index (χ1n) is 10.6. The van der Waals surface area contributed by atoms with Gasteiger partial charge in [0, 0.05) is 26.2 Å². The van der Waals surface area contributed by atoms with E-state index in [4.69, 9.17) is 18.9 Å². The van der Waals surface area contributed by atoms with Crippen LogP contribution in [0.25, 0.3) is 0 Å². The summed E-state index contributed by atoms with van der Waals surface area (Å²) in [6.45, 7) is 15.7. The molecular formula is C20H44N2O5. The summed E-state index contributed by atoms with van der Waals surface area (Å²) < 4.78 is 21.7. The van der Waals surface area contributed by atoms with Crippen LogP contribution in [-0.2, 0) is 23.7 Å². The minimum atomic E-state index is 0.115. The average Bonchev–Trinajstić information content (AvgIpc) is 2.69. The predicted molar refractivity (Wildman–Crippen MR) is 110 cm³/mol. The number of ether oxygens (including phenoxy) is 4. The van der Waals surface area contributed by atoms with E-state index in [9.17, 15) is 4.79 Å². The van der Waals surface area contributed by atoms with E-state index in [1.165, 1.54) is 0 Å². The molecule has 7 heteroatoms. The Balaban J connectivity index is 0. The lowest BCUT2D eigenvalue weighted by Crippen LogP contribution is -2.24. The molecule has 7 nitrogen and oxygen atoms in total. The molecule has 0 aliphatic carbocycles. The molecule has 27 heavy (non-hydrogen) atoms. The van der Waals surface area contributed by atoms with Crippen LogP contribution >= 0.6 is 0 Å². The molecule has 0 unspecified atom stereocenters. The third-order valence-corrected chi connectivity index (χ3v) is 3.27. The molecule has 0 aliphatic heterocycles. The van der Waals surface area contributed by atoms with E-state index in [-0.39, 0.29) is 5.91 Å². The highest BCUT2D eigenvalue weighted by molar-refractivity contribution is 5.75. The third-order valence-electron chi connectivity index (χ3n) is 3.27. The highest BCUT2D eigenvalue weighted by Gasteiger charge is 1.97. The number of hydrogen-bond donors (Lipinski definition) is 2. The predicted octanol–water partition coefficient (Wildman–Crippen LogP) is 2.39. The number of rotatable bonds is 20. The summed E-state index contributed by atoms with van der Waals surface area (Å²) in [4.78, 5) is 11.2. The highest BCUT2D eigenvalue weighted by Crippen LogP contribution is 1.88. The smallest absolute Gasteiger partial charge is 0.219 e. The normalized spacial score (nSPS) is 10.4. The fourth-order valence-electron chi connectivity index (χ4n) is 1.96. The summed E-state index contributed by atoms with van der Waals surface area (Å²) in [5, 5.41) is 6.11. The molecule has 0 radical (unpaired) electrons. The van der Waals surface area contributed by atoms with Crippen LogP contribution < -0.4 is 10.6 Å². The lowest BCUT2D eigenvalue weighted by molar-refractivity contribution is -0.121. The van der Waals surface area contributed by atoms with Crippen molar-refractivity contribution < 1.29 is 23.7 Å². The molecule has 0 saturated carbocycles. The maximum Gasteiger partial charge on any atom is 0.219 e. The first kappa shape index (κ1) is 28.5. The topological polar surface area (TPSA) is 78.1 Å². The second-order valence-electron chi connectivity index (χ2n) is 5.61. The van der Waals surface area contributed by atoms with Gasteiger partial charge in [-0.3, -0.25) is 4.79 Å². The Bertz CT molecular complexity index is 281. The van der Waals surface area contributed by atoms with Gasteiger partial charge in [-0.05, 0) is 32.4 Å². The Morgan fingerprint density at radius 1 is 0.704 bits per heavy atom. The van der Waals surface area contributed by atoms with Gasteiger partial charge in [-0.25, -0.2) is 0 Å². The monoisotopic (exact) mass is 392 g/mol. The molecule has 2 N–H and O–H groups in total. The zero-order chi connectivity index (χ0) is 20.4. The molecular weight excluding hydrogens is 348 g/mol. The van der Waals surface area contributed by atoms with E-state index in [2.05, 4.69) is 17.6 Å². The van der Waals surface area contributed by atoms with Gasteiger partial charge in [-0.2, -0.15) is 0 Å². The maximum absolute atomic E-state index is 11.2. The Labute approximate surface area is 166 Å². The second-order valence-corrected chi connectivity index (χ2v) is 5.61. The number of carbonyl (C=O) groups excluding carboxylic acids is 1. The Morgan fingerprint density at radius 2 is 1.15 bits per heavy atom. The van der Waals surface area contributed by atoms with Crippen LogP contribution in [0.15, 0.2) is 0 Å². The largest absolute Gasteiger partial charge is 0.379 e. The Hall–Kier alpha value is -0.730. The summed E-state index contributed by atoms with van der Waals surface area (Å²) in [7, 11) is 0. The zero-order valence-electron chi connectivity index (χ0n) is 18.1. The number of carbonyl (C=O) groups is 1. The number of amides is 1. The van der Waals surface area contributed by atoms with Crippen LogP contribution in [0.3, 0.4) is 0 Å². The van der Waals surface area contributed by atoms with Crippen molar-refractivity contribution in [2.24, 2.45) is 0 Å². The standard InChI is InChI=1S/C18H38N2O5.C2H6/c1-3-7-18(21)20-9-6-11-23-13-15-25-17-16-24-14-12-22-10-5-8-19-4-2;1-2/h19H,3-17H2,1-2H3,(H,20,21);1-2H3. The number of hydrogen-bond acceptors (Lipinski definition) is 6. The van der Waals surface area contributed by atoms with E-state index in [0.717, 1.165) is 39.0 Å². The molecule has 0 spiro atoms. The van der Waals surface area contributed by atoms with E-state index >= 15 is 0 Å². The molecule has 164 valence electrons. The SMILES string of the molecule is CC.CCCC(=O)NCCCOCCOCCOCCOCCCNCC. The molecule has 0 aromatic carbocycles. The van der Waals surface area contributed by atoms with E-state index < -0.39 is 0 Å². The summed E-state index contributed by atoms with van der Waals surface area (Å²) >= 11 is 0. The Kier molecular flexibility index (Phi) is 29.0. The summed E-state index contributed by atoms with van der Waals surface area (Å²) in [5.41, 5.74) is 0. The third kappa shape index (κ3) is 27.6. The van der Waals surface area contributed by atoms with Gasteiger partial charge in [0.05, 0.1) is 39.6 Å². The van der Waals surface area contributed by atoms with Crippen LogP contribution in [-0.4, -0.2) is 78.4 Å². The van der Waals surface area contributed by atoms with Crippen molar-refractivity contribution in [2.75, 3.05) is 72.5 Å². The van der Waals surface area contributed by atoms with Gasteiger partial charge in [-0.15, -0.1) is 0 Å². The molecule has 0 rings (SSSR count). The second kappa shape index (κ2) is 27.5. The van der Waals surface area contributed by atoms with Gasteiger partial charge in [0.15, 0.2) is 0 Å². The molecule has 0 heterocycles. The average molecular weight is 393 g/mol. The lowest BCUT2D eigenvalue weighted by Gasteiger charge is -2.08. The van der Waals surface area contributed by atoms with E-state index in [0.29, 0.717) is 59.2 Å². The van der Waals surface area contributed by atoms with Crippen molar-refractivity contribution in [3.63, 3.8) is 0 Å².